The van der Waals surface area contributed by atoms with Crippen LogP contribution in [-0.4, -0.2) is 49.4 Å². The van der Waals surface area contributed by atoms with E-state index in [1.165, 1.54) is 0 Å². The molecule has 0 spiro atoms. The lowest BCUT2D eigenvalue weighted by molar-refractivity contribution is 0.262. The van der Waals surface area contributed by atoms with Gasteiger partial charge < -0.3 is 14.5 Å². The molecule has 9 nitrogen and oxygen atoms in total. The lowest BCUT2D eigenvalue weighted by Gasteiger charge is -2.13. The molecule has 170 valence electrons. The van der Waals surface area contributed by atoms with Crippen molar-refractivity contribution in [3.63, 3.8) is 0 Å². The number of ether oxygens (including phenoxy) is 2. The minimum absolute atomic E-state index is 0.293. The van der Waals surface area contributed by atoms with Gasteiger partial charge in [-0.05, 0) is 32.3 Å². The Bertz CT molecular complexity index is 1240. The average Bonchev–Trinajstić information content (AvgIpc) is 3.26. The molecule has 0 saturated heterocycles. The van der Waals surface area contributed by atoms with Crippen molar-refractivity contribution in [2.24, 2.45) is 18.0 Å². The first-order chi connectivity index (χ1) is 15.2. The van der Waals surface area contributed by atoms with Crippen LogP contribution in [0, 0.1) is 5.92 Å². The monoisotopic (exact) mass is 438 g/mol. The zero-order chi connectivity index (χ0) is 23.0. The average molecular weight is 439 g/mol. The van der Waals surface area contributed by atoms with Crippen LogP contribution >= 0.6 is 0 Å². The van der Waals surface area contributed by atoms with Crippen molar-refractivity contribution < 1.29 is 9.47 Å². The molecular weight excluding hydrogens is 408 g/mol. The Labute approximate surface area is 186 Å². The van der Waals surface area contributed by atoms with Gasteiger partial charge in [-0.1, -0.05) is 27.2 Å². The number of aryl methyl sites for hydroxylation is 2. The summed E-state index contributed by atoms with van der Waals surface area (Å²) in [6.07, 6.45) is 3.38. The van der Waals surface area contributed by atoms with Gasteiger partial charge in [0.25, 0.3) is 5.56 Å². The van der Waals surface area contributed by atoms with E-state index < -0.39 is 0 Å². The van der Waals surface area contributed by atoms with E-state index in [4.69, 9.17) is 14.5 Å². The van der Waals surface area contributed by atoms with Gasteiger partial charge in [0.15, 0.2) is 5.52 Å². The van der Waals surface area contributed by atoms with Gasteiger partial charge in [0.1, 0.15) is 17.9 Å². The summed E-state index contributed by atoms with van der Waals surface area (Å²) in [6, 6.07) is 1.86. The molecule has 3 aromatic heterocycles. The number of pyridine rings is 1. The Hall–Kier alpha value is -3.23. The van der Waals surface area contributed by atoms with Gasteiger partial charge in [0.05, 0.1) is 29.0 Å². The first kappa shape index (κ1) is 22.0. The summed E-state index contributed by atoms with van der Waals surface area (Å²) in [7, 11) is 1.84. The van der Waals surface area contributed by atoms with Gasteiger partial charge in [-0.2, -0.15) is 5.10 Å². The molecule has 0 saturated carbocycles. The molecule has 3 aromatic rings. The molecule has 0 bridgehead atoms. The van der Waals surface area contributed by atoms with Crippen molar-refractivity contribution in [1.29, 1.82) is 0 Å². The summed E-state index contributed by atoms with van der Waals surface area (Å²) in [5.41, 5.74) is 2.57. The van der Waals surface area contributed by atoms with Crippen LogP contribution in [-0.2, 0) is 18.2 Å². The Morgan fingerprint density at radius 2 is 2.09 bits per heavy atom. The number of aromatic nitrogens is 5. The third-order valence-corrected chi connectivity index (χ3v) is 5.17. The lowest BCUT2D eigenvalue weighted by atomic mass is 10.1. The summed E-state index contributed by atoms with van der Waals surface area (Å²) >= 11 is 0. The highest BCUT2D eigenvalue weighted by molar-refractivity contribution is 5.96. The fraction of sp³-hybridized carbons (Fsp3) is 0.522. The van der Waals surface area contributed by atoms with E-state index in [0.29, 0.717) is 58.9 Å². The van der Waals surface area contributed by atoms with E-state index >= 15 is 0 Å². The molecule has 1 aliphatic heterocycles. The fourth-order valence-corrected chi connectivity index (χ4v) is 3.60. The van der Waals surface area contributed by atoms with Crippen LogP contribution in [0.2, 0.25) is 0 Å². The molecular formula is C23H30N6O3. The van der Waals surface area contributed by atoms with Crippen molar-refractivity contribution in [2.45, 2.75) is 53.0 Å². The highest BCUT2D eigenvalue weighted by atomic mass is 16.5. The minimum Gasteiger partial charge on any atom is -0.477 e. The number of rotatable bonds is 7. The Balaban J connectivity index is 1.88. The molecule has 0 fully saturated rings. The molecule has 1 aliphatic rings. The topological polar surface area (TPSA) is 107 Å². The maximum atomic E-state index is 12.9. The number of hydrogen-bond donors (Lipinski definition) is 1. The molecule has 4 rings (SSSR count). The van der Waals surface area contributed by atoms with Gasteiger partial charge in [0.2, 0.25) is 11.8 Å². The van der Waals surface area contributed by atoms with Gasteiger partial charge in [-0.15, -0.1) is 0 Å². The largest absolute Gasteiger partial charge is 0.477 e. The summed E-state index contributed by atoms with van der Waals surface area (Å²) < 4.78 is 13.5. The molecule has 0 radical (unpaired) electrons. The molecule has 0 atom stereocenters. The second-order valence-corrected chi connectivity index (χ2v) is 9.23. The molecule has 0 unspecified atom stereocenters. The molecule has 0 aliphatic carbocycles. The fourth-order valence-electron chi connectivity index (χ4n) is 3.60. The number of aliphatic imine (C=N–C) groups is 1. The number of H-pyrrole nitrogens is 1. The van der Waals surface area contributed by atoms with Crippen molar-refractivity contribution in [1.82, 2.24) is 24.7 Å². The van der Waals surface area contributed by atoms with E-state index in [0.717, 1.165) is 18.5 Å². The molecule has 4 heterocycles. The van der Waals surface area contributed by atoms with Crippen molar-refractivity contribution in [3.05, 3.63) is 33.9 Å². The molecule has 32 heavy (non-hydrogen) atoms. The predicted octanol–water partition coefficient (Wildman–Crippen LogP) is 3.26. The van der Waals surface area contributed by atoms with Crippen LogP contribution in [0.4, 0.5) is 0 Å². The summed E-state index contributed by atoms with van der Waals surface area (Å²) in [4.78, 5) is 29.7. The Kier molecular flexibility index (Phi) is 5.75. The standard InChI is InChI=1S/C23H30N6O3/c1-7-8-16-17-18(28-29(16)6)20(30)26-19(25-17)15-9-14(21-27-23(4,5)12-32-21)10-24-22(15)31-11-13(2)3/h9-10,13H,7-8,11-12H2,1-6H3,(H,25,26,30). The van der Waals surface area contributed by atoms with E-state index in [-0.39, 0.29) is 11.1 Å². The van der Waals surface area contributed by atoms with Crippen LogP contribution < -0.4 is 10.3 Å². The normalized spacial score (nSPS) is 15.3. The van der Waals surface area contributed by atoms with Gasteiger partial charge in [-0.3, -0.25) is 9.48 Å². The van der Waals surface area contributed by atoms with Gasteiger partial charge >= 0.3 is 0 Å². The van der Waals surface area contributed by atoms with Gasteiger partial charge in [-0.25, -0.2) is 15.0 Å². The summed E-state index contributed by atoms with van der Waals surface area (Å²) in [6.45, 7) is 11.2. The number of hydrogen-bond acceptors (Lipinski definition) is 7. The first-order valence-electron chi connectivity index (χ1n) is 11.0. The van der Waals surface area contributed by atoms with E-state index in [9.17, 15) is 4.79 Å². The van der Waals surface area contributed by atoms with Crippen LogP contribution in [0.1, 0.15) is 52.3 Å². The molecule has 0 aromatic carbocycles. The zero-order valence-corrected chi connectivity index (χ0v) is 19.5. The first-order valence-corrected chi connectivity index (χ1v) is 11.0. The third kappa shape index (κ3) is 4.24. The quantitative estimate of drug-likeness (QED) is 0.607. The van der Waals surface area contributed by atoms with Crippen LogP contribution in [0.5, 0.6) is 5.88 Å². The second kappa shape index (κ2) is 8.37. The number of aromatic amines is 1. The van der Waals surface area contributed by atoms with Crippen LogP contribution in [0.25, 0.3) is 22.4 Å². The van der Waals surface area contributed by atoms with E-state index in [1.54, 1.807) is 10.9 Å². The molecule has 1 N–H and O–H groups in total. The molecule has 0 amide bonds. The summed E-state index contributed by atoms with van der Waals surface area (Å²) in [5.74, 6) is 1.63. The Morgan fingerprint density at radius 3 is 2.75 bits per heavy atom. The number of nitrogens with zero attached hydrogens (tertiary/aromatic N) is 5. The second-order valence-electron chi connectivity index (χ2n) is 9.23. The van der Waals surface area contributed by atoms with Crippen molar-refractivity contribution >= 4 is 16.9 Å². The number of nitrogens with one attached hydrogen (secondary N) is 1. The maximum absolute atomic E-state index is 12.9. The van der Waals surface area contributed by atoms with E-state index in [1.807, 2.05) is 27.0 Å². The maximum Gasteiger partial charge on any atom is 0.279 e. The Morgan fingerprint density at radius 1 is 1.31 bits per heavy atom. The van der Waals surface area contributed by atoms with Crippen LogP contribution in [0.3, 0.4) is 0 Å². The highest BCUT2D eigenvalue weighted by Crippen LogP contribution is 2.30. The lowest BCUT2D eigenvalue weighted by Crippen LogP contribution is -2.17. The minimum atomic E-state index is -0.293. The predicted molar refractivity (Wildman–Crippen MR) is 123 cm³/mol. The summed E-state index contributed by atoms with van der Waals surface area (Å²) in [5, 5.41) is 4.37. The van der Waals surface area contributed by atoms with Gasteiger partial charge in [0, 0.05) is 13.2 Å². The van der Waals surface area contributed by atoms with Crippen molar-refractivity contribution in [2.75, 3.05) is 13.2 Å². The highest BCUT2D eigenvalue weighted by Gasteiger charge is 2.28. The SMILES string of the molecule is CCCc1c2nc(-c3cc(C4=NC(C)(C)CO4)cnc3OCC(C)C)[nH]c(=O)c2nn1C. The number of fused-ring (bicyclic) bond motifs is 1. The smallest absolute Gasteiger partial charge is 0.279 e. The zero-order valence-electron chi connectivity index (χ0n) is 19.5. The van der Waals surface area contributed by atoms with Crippen LogP contribution in [0.15, 0.2) is 22.1 Å². The van der Waals surface area contributed by atoms with Crippen molar-refractivity contribution in [3.8, 4) is 17.3 Å². The van der Waals surface area contributed by atoms with E-state index in [2.05, 4.69) is 40.8 Å². The third-order valence-electron chi connectivity index (χ3n) is 5.17. The molecule has 9 heteroatoms.